The van der Waals surface area contributed by atoms with Crippen molar-refractivity contribution in [3.63, 3.8) is 0 Å². The smallest absolute Gasteiger partial charge is 0.251 e. The van der Waals surface area contributed by atoms with Crippen LogP contribution in [0.15, 0.2) is 84.9 Å². The second kappa shape index (κ2) is 13.7. The number of nitrogens with one attached hydrogen (secondary N) is 2. The number of benzene rings is 4. The summed E-state index contributed by atoms with van der Waals surface area (Å²) >= 11 is 0. The molecule has 4 N–H and O–H groups in total. The number of hydrogen-bond acceptors (Lipinski definition) is 4. The Hall–Kier alpha value is -3.74. The van der Waals surface area contributed by atoms with Crippen molar-refractivity contribution in [2.45, 2.75) is 38.8 Å². The molecule has 0 spiro atoms. The van der Waals surface area contributed by atoms with Crippen molar-refractivity contribution in [3.05, 3.63) is 96.1 Å². The molecule has 0 aromatic heterocycles. The minimum Gasteiger partial charge on any atom is -0.351 e. The zero-order valence-corrected chi connectivity index (χ0v) is 22.2. The molecule has 38 heavy (non-hydrogen) atoms. The fourth-order valence-electron chi connectivity index (χ4n) is 4.86. The van der Waals surface area contributed by atoms with Crippen molar-refractivity contribution in [2.24, 2.45) is 5.73 Å². The molecule has 0 aliphatic carbocycles. The molecule has 1 atom stereocenters. The molecular weight excluding hydrogens is 472 g/mol. The van der Waals surface area contributed by atoms with Crippen molar-refractivity contribution in [1.82, 2.24) is 15.5 Å². The summed E-state index contributed by atoms with van der Waals surface area (Å²) in [7, 11) is 0. The lowest BCUT2D eigenvalue weighted by Gasteiger charge is -2.28. The third-order valence-corrected chi connectivity index (χ3v) is 6.99. The first kappa shape index (κ1) is 27.3. The lowest BCUT2D eigenvalue weighted by Crippen LogP contribution is -2.48. The van der Waals surface area contributed by atoms with Crippen LogP contribution in [-0.2, 0) is 11.3 Å². The predicted octanol–water partition coefficient (Wildman–Crippen LogP) is 4.86. The second-order valence-electron chi connectivity index (χ2n) is 9.60. The van der Waals surface area contributed by atoms with Gasteiger partial charge in [0.25, 0.3) is 5.91 Å². The minimum atomic E-state index is -0.325. The maximum atomic E-state index is 13.6. The average Bonchev–Trinajstić information content (AvgIpc) is 2.96. The van der Waals surface area contributed by atoms with Gasteiger partial charge in [0.05, 0.1) is 6.04 Å². The van der Waals surface area contributed by atoms with E-state index in [0.29, 0.717) is 44.7 Å². The number of unbranched alkanes of at least 4 members (excludes halogenated alkanes) is 1. The highest BCUT2D eigenvalue weighted by Gasteiger charge is 2.23. The first-order valence-electron chi connectivity index (χ1n) is 13.6. The maximum Gasteiger partial charge on any atom is 0.251 e. The molecule has 2 amide bonds. The Labute approximate surface area is 225 Å². The van der Waals surface area contributed by atoms with Crippen LogP contribution in [0.4, 0.5) is 0 Å². The largest absolute Gasteiger partial charge is 0.351 e. The summed E-state index contributed by atoms with van der Waals surface area (Å²) in [6.45, 7) is 4.74. The molecule has 198 valence electrons. The maximum absolute atomic E-state index is 13.6. The zero-order chi connectivity index (χ0) is 26.7. The van der Waals surface area contributed by atoms with E-state index in [-0.39, 0.29) is 17.9 Å². The van der Waals surface area contributed by atoms with E-state index in [2.05, 4.69) is 34.9 Å². The Morgan fingerprint density at radius 1 is 0.842 bits per heavy atom. The van der Waals surface area contributed by atoms with Gasteiger partial charge in [0, 0.05) is 31.7 Å². The van der Waals surface area contributed by atoms with Gasteiger partial charge in [-0.1, -0.05) is 79.2 Å². The van der Waals surface area contributed by atoms with Crippen LogP contribution in [0.1, 0.15) is 42.1 Å². The van der Waals surface area contributed by atoms with E-state index < -0.39 is 0 Å². The van der Waals surface area contributed by atoms with Crippen LogP contribution in [0, 0.1) is 0 Å². The van der Waals surface area contributed by atoms with Crippen LogP contribution in [0.3, 0.4) is 0 Å². The number of rotatable bonds is 13. The topological polar surface area (TPSA) is 87.5 Å². The number of hydrogen-bond donors (Lipinski definition) is 3. The quantitative estimate of drug-likeness (QED) is 0.224. The van der Waals surface area contributed by atoms with E-state index in [1.54, 1.807) is 0 Å². The number of carbonyl (C=O) groups excluding carboxylic acids is 2. The molecule has 0 saturated heterocycles. The Morgan fingerprint density at radius 3 is 2.37 bits per heavy atom. The van der Waals surface area contributed by atoms with E-state index >= 15 is 0 Å². The molecule has 1 unspecified atom stereocenters. The lowest BCUT2D eigenvalue weighted by atomic mass is 10.0. The van der Waals surface area contributed by atoms with Crippen molar-refractivity contribution in [2.75, 3.05) is 26.2 Å². The third kappa shape index (κ3) is 6.97. The lowest BCUT2D eigenvalue weighted by molar-refractivity contribution is -0.134. The van der Waals surface area contributed by atoms with Gasteiger partial charge in [-0.25, -0.2) is 0 Å². The molecule has 0 aliphatic heterocycles. The highest BCUT2D eigenvalue weighted by atomic mass is 16.2. The molecule has 4 aromatic rings. The number of likely N-dealkylation sites (N-methyl/N-ethyl adjacent to an activating group) is 1. The van der Waals surface area contributed by atoms with Gasteiger partial charge in [0.15, 0.2) is 0 Å². The number of nitrogens with zero attached hydrogens (tertiary/aromatic N) is 1. The van der Waals surface area contributed by atoms with Gasteiger partial charge in [-0.2, -0.15) is 0 Å². The van der Waals surface area contributed by atoms with E-state index in [9.17, 15) is 9.59 Å². The van der Waals surface area contributed by atoms with E-state index in [4.69, 9.17) is 5.73 Å². The van der Waals surface area contributed by atoms with Crippen molar-refractivity contribution in [3.8, 4) is 0 Å². The SMILES string of the molecule is CCN(Cc1cccc2ccccc12)C(=O)C(CCCCN)NCCNC(=O)c1ccc2ccccc2c1. The summed E-state index contributed by atoms with van der Waals surface area (Å²) in [5.74, 6) is -0.0342. The fraction of sp³-hybridized carbons (Fsp3) is 0.312. The molecule has 0 bridgehead atoms. The molecule has 4 aromatic carbocycles. The zero-order valence-electron chi connectivity index (χ0n) is 22.2. The number of fused-ring (bicyclic) bond motifs is 2. The second-order valence-corrected chi connectivity index (χ2v) is 9.60. The number of amides is 2. The van der Waals surface area contributed by atoms with Gasteiger partial charge >= 0.3 is 0 Å². The van der Waals surface area contributed by atoms with Crippen LogP contribution in [0.5, 0.6) is 0 Å². The predicted molar refractivity (Wildman–Crippen MR) is 156 cm³/mol. The molecule has 0 heterocycles. The first-order valence-corrected chi connectivity index (χ1v) is 13.6. The molecule has 0 aliphatic rings. The van der Waals surface area contributed by atoms with Crippen LogP contribution < -0.4 is 16.4 Å². The summed E-state index contributed by atoms with van der Waals surface area (Å²) in [5.41, 5.74) is 7.48. The summed E-state index contributed by atoms with van der Waals surface area (Å²) < 4.78 is 0. The van der Waals surface area contributed by atoms with Gasteiger partial charge < -0.3 is 21.3 Å². The van der Waals surface area contributed by atoms with E-state index in [1.165, 1.54) is 10.8 Å². The van der Waals surface area contributed by atoms with Crippen LogP contribution in [-0.4, -0.2) is 48.9 Å². The average molecular weight is 511 g/mol. The monoisotopic (exact) mass is 510 g/mol. The minimum absolute atomic E-state index is 0.0818. The van der Waals surface area contributed by atoms with Crippen LogP contribution >= 0.6 is 0 Å². The Bertz CT molecular complexity index is 1360. The summed E-state index contributed by atoms with van der Waals surface area (Å²) in [6.07, 6.45) is 2.45. The fourth-order valence-corrected chi connectivity index (χ4v) is 4.86. The number of nitrogens with two attached hydrogens (primary N) is 1. The molecule has 4 rings (SSSR count). The van der Waals surface area contributed by atoms with E-state index in [0.717, 1.165) is 29.2 Å². The molecule has 6 nitrogen and oxygen atoms in total. The molecule has 0 radical (unpaired) electrons. The van der Waals surface area contributed by atoms with Gasteiger partial charge in [-0.05, 0) is 65.6 Å². The van der Waals surface area contributed by atoms with E-state index in [1.807, 2.05) is 72.5 Å². The molecule has 6 heteroatoms. The van der Waals surface area contributed by atoms with Crippen molar-refractivity contribution < 1.29 is 9.59 Å². The summed E-state index contributed by atoms with van der Waals surface area (Å²) in [5, 5.41) is 10.9. The van der Waals surface area contributed by atoms with Crippen molar-refractivity contribution >= 4 is 33.4 Å². The number of carbonyl (C=O) groups is 2. The molecule has 0 saturated carbocycles. The standard InChI is InChI=1S/C32H38N4O2/c1-2-36(23-28-14-9-13-25-11-5-6-15-29(25)28)32(38)30(16-7-8-19-33)34-20-21-35-31(37)27-18-17-24-10-3-4-12-26(24)22-27/h3-6,9-15,17-18,22,30,34H,2,7-8,16,19-21,23,33H2,1H3,(H,35,37). The Morgan fingerprint density at radius 2 is 1.58 bits per heavy atom. The third-order valence-electron chi connectivity index (χ3n) is 6.99. The van der Waals surface area contributed by atoms with Gasteiger partial charge in [0.1, 0.15) is 0 Å². The Balaban J connectivity index is 1.36. The van der Waals surface area contributed by atoms with Crippen molar-refractivity contribution in [1.29, 1.82) is 0 Å². The summed E-state index contributed by atoms with van der Waals surface area (Å²) in [4.78, 5) is 28.3. The van der Waals surface area contributed by atoms with Crippen LogP contribution in [0.25, 0.3) is 21.5 Å². The normalized spacial score (nSPS) is 11.9. The highest BCUT2D eigenvalue weighted by Crippen LogP contribution is 2.21. The van der Waals surface area contributed by atoms with Crippen LogP contribution in [0.2, 0.25) is 0 Å². The highest BCUT2D eigenvalue weighted by molar-refractivity contribution is 5.98. The Kier molecular flexibility index (Phi) is 9.84. The van der Waals surface area contributed by atoms with Gasteiger partial charge in [-0.3, -0.25) is 9.59 Å². The molecule has 0 fully saturated rings. The summed E-state index contributed by atoms with van der Waals surface area (Å²) in [6, 6.07) is 27.9. The first-order chi connectivity index (χ1) is 18.6. The van der Waals surface area contributed by atoms with Gasteiger partial charge in [0.2, 0.25) is 5.91 Å². The molecular formula is C32H38N4O2. The van der Waals surface area contributed by atoms with Gasteiger partial charge in [-0.15, -0.1) is 0 Å².